The molecule has 31 heavy (non-hydrogen) atoms. The Kier molecular flexibility index (Phi) is 6.30. The Morgan fingerprint density at radius 2 is 1.55 bits per heavy atom. The maximum absolute atomic E-state index is 13.1. The van der Waals surface area contributed by atoms with Crippen LogP contribution in [0.25, 0.3) is 22.2 Å². The summed E-state index contributed by atoms with van der Waals surface area (Å²) in [6.45, 7) is 1.59. The van der Waals surface area contributed by atoms with Gasteiger partial charge in [0.1, 0.15) is 0 Å². The van der Waals surface area contributed by atoms with Gasteiger partial charge in [-0.1, -0.05) is 74.3 Å². The van der Waals surface area contributed by atoms with Crippen molar-refractivity contribution in [3.63, 3.8) is 0 Å². The molecule has 4 nitrogen and oxygen atoms in total. The highest BCUT2D eigenvalue weighted by atomic mass is 79.9. The van der Waals surface area contributed by atoms with Gasteiger partial charge in [0.15, 0.2) is 6.10 Å². The van der Waals surface area contributed by atoms with Crippen molar-refractivity contribution < 1.29 is 14.3 Å². The van der Waals surface area contributed by atoms with E-state index in [-0.39, 0.29) is 5.78 Å². The smallest absolute Gasteiger partial charge is 0.339 e. The van der Waals surface area contributed by atoms with Crippen molar-refractivity contribution in [3.05, 3.63) is 98.9 Å². The normalized spacial score (nSPS) is 11.8. The van der Waals surface area contributed by atoms with Gasteiger partial charge in [-0.05, 0) is 43.3 Å². The number of rotatable bonds is 5. The SMILES string of the molecule is CC(OC(=O)c1cc(-c2ccc(Br)cc2)nc2ccc(Br)cc12)C(=O)c1ccccc1. The van der Waals surface area contributed by atoms with Crippen LogP contribution in [0.3, 0.4) is 0 Å². The Morgan fingerprint density at radius 1 is 0.871 bits per heavy atom. The van der Waals surface area contributed by atoms with Gasteiger partial charge < -0.3 is 4.74 Å². The number of pyridine rings is 1. The minimum Gasteiger partial charge on any atom is -0.451 e. The van der Waals surface area contributed by atoms with Crippen molar-refractivity contribution in [2.24, 2.45) is 0 Å². The van der Waals surface area contributed by atoms with Gasteiger partial charge in [-0.15, -0.1) is 0 Å². The molecule has 1 heterocycles. The number of hydrogen-bond acceptors (Lipinski definition) is 4. The lowest BCUT2D eigenvalue weighted by Crippen LogP contribution is -2.24. The molecule has 4 rings (SSSR count). The van der Waals surface area contributed by atoms with E-state index in [1.807, 2.05) is 48.5 Å². The van der Waals surface area contributed by atoms with Crippen molar-refractivity contribution in [3.8, 4) is 11.3 Å². The predicted octanol–water partition coefficient (Wildman–Crippen LogP) is 6.86. The molecule has 0 N–H and O–H groups in total. The average Bonchev–Trinajstić information content (AvgIpc) is 2.78. The summed E-state index contributed by atoms with van der Waals surface area (Å²) in [6, 6.07) is 23.7. The number of hydrogen-bond donors (Lipinski definition) is 0. The molecule has 3 aromatic carbocycles. The Balaban J connectivity index is 1.72. The molecule has 1 aromatic heterocycles. The number of carbonyl (C=O) groups excluding carboxylic acids is 2. The van der Waals surface area contributed by atoms with Gasteiger partial charge in [0, 0.05) is 25.5 Å². The summed E-state index contributed by atoms with van der Waals surface area (Å²) in [5.41, 5.74) is 3.04. The molecule has 1 unspecified atom stereocenters. The third-order valence-corrected chi connectivity index (χ3v) is 5.86. The number of halogens is 2. The van der Waals surface area contributed by atoms with Crippen LogP contribution < -0.4 is 0 Å². The van der Waals surface area contributed by atoms with Gasteiger partial charge in [-0.3, -0.25) is 4.79 Å². The highest BCUT2D eigenvalue weighted by Gasteiger charge is 2.22. The molecule has 6 heteroatoms. The van der Waals surface area contributed by atoms with E-state index in [9.17, 15) is 9.59 Å². The van der Waals surface area contributed by atoms with Crippen LogP contribution in [-0.2, 0) is 4.74 Å². The van der Waals surface area contributed by atoms with E-state index in [2.05, 4.69) is 31.9 Å². The van der Waals surface area contributed by atoms with E-state index in [1.54, 1.807) is 37.3 Å². The van der Waals surface area contributed by atoms with Crippen LogP contribution in [0.15, 0.2) is 87.8 Å². The number of ketones is 1. The molecule has 0 fully saturated rings. The molecule has 0 amide bonds. The van der Waals surface area contributed by atoms with E-state index in [0.29, 0.717) is 27.7 Å². The van der Waals surface area contributed by atoms with Gasteiger partial charge in [-0.25, -0.2) is 9.78 Å². The third kappa shape index (κ3) is 4.75. The molecule has 4 aromatic rings. The standard InChI is InChI=1S/C25H17Br2NO3/c1-15(24(29)17-5-3-2-4-6-17)31-25(30)21-14-23(16-7-9-18(26)10-8-16)28-22-12-11-19(27)13-20(21)22/h2-15H,1H3. The Morgan fingerprint density at radius 3 is 2.26 bits per heavy atom. The van der Waals surface area contributed by atoms with Crippen LogP contribution >= 0.6 is 31.9 Å². The van der Waals surface area contributed by atoms with Crippen LogP contribution in [0.4, 0.5) is 0 Å². The fourth-order valence-corrected chi connectivity index (χ4v) is 3.88. The van der Waals surface area contributed by atoms with Crippen LogP contribution in [-0.4, -0.2) is 22.8 Å². The molecule has 0 aliphatic carbocycles. The summed E-state index contributed by atoms with van der Waals surface area (Å²) in [6.07, 6.45) is -0.915. The summed E-state index contributed by atoms with van der Waals surface area (Å²) in [4.78, 5) is 30.5. The molecule has 0 spiro atoms. The van der Waals surface area contributed by atoms with Crippen molar-refractivity contribution in [2.45, 2.75) is 13.0 Å². The fourth-order valence-electron chi connectivity index (χ4n) is 3.25. The molecule has 0 saturated carbocycles. The monoisotopic (exact) mass is 537 g/mol. The lowest BCUT2D eigenvalue weighted by molar-refractivity contribution is 0.0320. The zero-order chi connectivity index (χ0) is 22.0. The zero-order valence-corrected chi connectivity index (χ0v) is 19.7. The molecular formula is C25H17Br2NO3. The highest BCUT2D eigenvalue weighted by molar-refractivity contribution is 9.10. The van der Waals surface area contributed by atoms with Crippen LogP contribution in [0.1, 0.15) is 27.6 Å². The average molecular weight is 539 g/mol. The van der Waals surface area contributed by atoms with Crippen LogP contribution in [0, 0.1) is 0 Å². The summed E-state index contributed by atoms with van der Waals surface area (Å²) in [5.74, 6) is -0.817. The topological polar surface area (TPSA) is 56.3 Å². The number of Topliss-reactive ketones (excluding diaryl/α,β-unsaturated/α-hetero) is 1. The van der Waals surface area contributed by atoms with Gasteiger partial charge in [0.25, 0.3) is 0 Å². The van der Waals surface area contributed by atoms with E-state index >= 15 is 0 Å². The molecule has 0 radical (unpaired) electrons. The highest BCUT2D eigenvalue weighted by Crippen LogP contribution is 2.29. The Labute approximate surface area is 196 Å². The molecule has 0 saturated heterocycles. The minimum atomic E-state index is -0.915. The first-order chi connectivity index (χ1) is 14.9. The predicted molar refractivity (Wildman–Crippen MR) is 128 cm³/mol. The number of carbonyl (C=O) groups is 2. The van der Waals surface area contributed by atoms with Crippen LogP contribution in [0.5, 0.6) is 0 Å². The molecule has 154 valence electrons. The number of esters is 1. The first-order valence-electron chi connectivity index (χ1n) is 9.59. The largest absolute Gasteiger partial charge is 0.451 e. The number of nitrogens with zero attached hydrogens (tertiary/aromatic N) is 1. The zero-order valence-electron chi connectivity index (χ0n) is 16.5. The Hall–Kier alpha value is -2.83. The first-order valence-corrected chi connectivity index (χ1v) is 11.2. The van der Waals surface area contributed by atoms with Gasteiger partial charge in [0.05, 0.1) is 16.8 Å². The summed E-state index contributed by atoms with van der Waals surface area (Å²) >= 11 is 6.88. The molecule has 0 aliphatic rings. The quantitative estimate of drug-likeness (QED) is 0.206. The number of benzene rings is 3. The first kappa shape index (κ1) is 21.4. The van der Waals surface area contributed by atoms with Gasteiger partial charge >= 0.3 is 5.97 Å². The van der Waals surface area contributed by atoms with Crippen molar-refractivity contribution in [2.75, 3.05) is 0 Å². The van der Waals surface area contributed by atoms with E-state index in [1.165, 1.54) is 0 Å². The maximum Gasteiger partial charge on any atom is 0.339 e. The van der Waals surface area contributed by atoms with Crippen molar-refractivity contribution in [1.82, 2.24) is 4.98 Å². The third-order valence-electron chi connectivity index (χ3n) is 4.84. The van der Waals surface area contributed by atoms with Crippen molar-refractivity contribution >= 4 is 54.5 Å². The second-order valence-corrected chi connectivity index (χ2v) is 8.83. The minimum absolute atomic E-state index is 0.248. The summed E-state index contributed by atoms with van der Waals surface area (Å²) in [5, 5.41) is 0.652. The van der Waals surface area contributed by atoms with E-state index in [0.717, 1.165) is 14.5 Å². The second kappa shape index (κ2) is 9.12. The van der Waals surface area contributed by atoms with E-state index < -0.39 is 12.1 Å². The van der Waals surface area contributed by atoms with E-state index in [4.69, 9.17) is 9.72 Å². The Bertz CT molecular complexity index is 1270. The lowest BCUT2D eigenvalue weighted by atomic mass is 10.0. The molecule has 0 aliphatic heterocycles. The fraction of sp³-hybridized carbons (Fsp3) is 0.0800. The second-order valence-electron chi connectivity index (χ2n) is 7.00. The molecular weight excluding hydrogens is 522 g/mol. The van der Waals surface area contributed by atoms with Gasteiger partial charge in [0.2, 0.25) is 5.78 Å². The van der Waals surface area contributed by atoms with Gasteiger partial charge in [-0.2, -0.15) is 0 Å². The molecule has 0 bridgehead atoms. The lowest BCUT2D eigenvalue weighted by Gasteiger charge is -2.14. The maximum atomic E-state index is 13.1. The molecule has 1 atom stereocenters. The summed E-state index contributed by atoms with van der Waals surface area (Å²) < 4.78 is 7.34. The van der Waals surface area contributed by atoms with Crippen LogP contribution in [0.2, 0.25) is 0 Å². The van der Waals surface area contributed by atoms with Crippen molar-refractivity contribution in [1.29, 1.82) is 0 Å². The summed E-state index contributed by atoms with van der Waals surface area (Å²) in [7, 11) is 0. The number of aromatic nitrogens is 1. The number of ether oxygens (including phenoxy) is 1. The number of fused-ring (bicyclic) bond motifs is 1.